The molecule has 0 saturated carbocycles. The molecule has 0 spiro atoms. The quantitative estimate of drug-likeness (QED) is 0.816. The summed E-state index contributed by atoms with van der Waals surface area (Å²) in [6.07, 6.45) is 0.937. The average molecular weight is 288 g/mol. The fourth-order valence-corrected chi connectivity index (χ4v) is 4.74. The van der Waals surface area contributed by atoms with Gasteiger partial charge in [0.25, 0.3) is 0 Å². The Labute approximate surface area is 118 Å². The van der Waals surface area contributed by atoms with Crippen LogP contribution in [0.1, 0.15) is 23.2 Å². The van der Waals surface area contributed by atoms with Crippen LogP contribution in [-0.2, 0) is 9.84 Å². The highest BCUT2D eigenvalue weighted by Gasteiger charge is 2.29. The van der Waals surface area contributed by atoms with Crippen molar-refractivity contribution >= 4 is 26.4 Å². The van der Waals surface area contributed by atoms with E-state index < -0.39 is 9.84 Å². The molecule has 3 rings (SSSR count). The summed E-state index contributed by atoms with van der Waals surface area (Å²) in [5.74, 6) is 0.402. The molecule has 1 atom stereocenters. The monoisotopic (exact) mass is 288 g/mol. The zero-order valence-corrected chi connectivity index (χ0v) is 11.9. The van der Waals surface area contributed by atoms with Crippen LogP contribution in [0, 0.1) is 5.92 Å². The third kappa shape index (κ3) is 2.61. The van der Waals surface area contributed by atoms with Gasteiger partial charge >= 0.3 is 0 Å². The molecule has 0 aromatic heterocycles. The highest BCUT2D eigenvalue weighted by Crippen LogP contribution is 2.26. The van der Waals surface area contributed by atoms with Crippen LogP contribution in [0.3, 0.4) is 0 Å². The van der Waals surface area contributed by atoms with Gasteiger partial charge in [0.2, 0.25) is 0 Å². The maximum absolute atomic E-state index is 12.4. The summed E-state index contributed by atoms with van der Waals surface area (Å²) >= 11 is 0. The molecule has 2 aromatic rings. The first kappa shape index (κ1) is 13.3. The van der Waals surface area contributed by atoms with Crippen LogP contribution in [0.5, 0.6) is 0 Å². The van der Waals surface area contributed by atoms with Gasteiger partial charge in [-0.05, 0) is 23.1 Å². The van der Waals surface area contributed by atoms with Gasteiger partial charge < -0.3 is 0 Å². The molecule has 3 nitrogen and oxygen atoms in total. The van der Waals surface area contributed by atoms with E-state index >= 15 is 0 Å². The minimum atomic E-state index is -2.92. The molecule has 0 N–H and O–H groups in total. The van der Waals surface area contributed by atoms with Crippen LogP contribution >= 0.6 is 0 Å². The van der Waals surface area contributed by atoms with E-state index in [1.807, 2.05) is 42.5 Å². The molecule has 4 heteroatoms. The second-order valence-electron chi connectivity index (χ2n) is 5.42. The first-order chi connectivity index (χ1) is 9.55. The van der Waals surface area contributed by atoms with Crippen molar-refractivity contribution in [3.8, 4) is 0 Å². The number of rotatable bonds is 3. The summed E-state index contributed by atoms with van der Waals surface area (Å²) in [4.78, 5) is 12.4. The van der Waals surface area contributed by atoms with E-state index in [1.54, 1.807) is 0 Å². The van der Waals surface area contributed by atoms with E-state index in [2.05, 4.69) is 0 Å². The molecule has 1 aliphatic rings. The summed E-state index contributed by atoms with van der Waals surface area (Å²) in [7, 11) is -2.92. The van der Waals surface area contributed by atoms with Gasteiger partial charge in [0.1, 0.15) is 0 Å². The van der Waals surface area contributed by atoms with Gasteiger partial charge in [-0.25, -0.2) is 8.42 Å². The van der Waals surface area contributed by atoms with Crippen molar-refractivity contribution in [3.05, 3.63) is 48.0 Å². The predicted molar refractivity (Wildman–Crippen MR) is 79.7 cm³/mol. The Morgan fingerprint density at radius 1 is 1.10 bits per heavy atom. The van der Waals surface area contributed by atoms with E-state index in [9.17, 15) is 13.2 Å². The molecule has 1 fully saturated rings. The van der Waals surface area contributed by atoms with Crippen LogP contribution in [0.25, 0.3) is 10.8 Å². The number of benzene rings is 2. The second kappa shape index (κ2) is 5.02. The molecular formula is C16H16O3S. The van der Waals surface area contributed by atoms with Crippen molar-refractivity contribution in [3.63, 3.8) is 0 Å². The van der Waals surface area contributed by atoms with Crippen molar-refractivity contribution < 1.29 is 13.2 Å². The van der Waals surface area contributed by atoms with Crippen molar-refractivity contribution in [2.75, 3.05) is 11.5 Å². The van der Waals surface area contributed by atoms with Crippen LogP contribution in [0.4, 0.5) is 0 Å². The van der Waals surface area contributed by atoms with Gasteiger partial charge in [-0.15, -0.1) is 0 Å². The average Bonchev–Trinajstić information content (AvgIpc) is 2.77. The van der Waals surface area contributed by atoms with Crippen LogP contribution < -0.4 is 0 Å². The number of hydrogen-bond donors (Lipinski definition) is 0. The Hall–Kier alpha value is -1.68. The van der Waals surface area contributed by atoms with Crippen molar-refractivity contribution in [2.45, 2.75) is 12.8 Å². The van der Waals surface area contributed by atoms with Gasteiger partial charge in [-0.1, -0.05) is 42.5 Å². The summed E-state index contributed by atoms with van der Waals surface area (Å²) in [5, 5.41) is 1.98. The first-order valence-electron chi connectivity index (χ1n) is 6.76. The molecule has 104 valence electrons. The van der Waals surface area contributed by atoms with Gasteiger partial charge in [0.05, 0.1) is 11.5 Å². The molecule has 0 radical (unpaired) electrons. The molecule has 20 heavy (non-hydrogen) atoms. The molecule has 1 heterocycles. The summed E-state index contributed by atoms with van der Waals surface area (Å²) in [5.41, 5.74) is 0.701. The zero-order chi connectivity index (χ0) is 14.2. The molecule has 0 amide bonds. The van der Waals surface area contributed by atoms with Crippen LogP contribution in [-0.4, -0.2) is 25.7 Å². The number of hydrogen-bond acceptors (Lipinski definition) is 3. The fourth-order valence-electron chi connectivity index (χ4n) is 2.87. The standard InChI is InChI=1S/C16H16O3S/c17-16(10-12-8-9-20(18,19)11-12)15-7-3-5-13-4-1-2-6-14(13)15/h1-7,12H,8-11H2. The van der Waals surface area contributed by atoms with Crippen molar-refractivity contribution in [2.24, 2.45) is 5.92 Å². The second-order valence-corrected chi connectivity index (χ2v) is 7.65. The van der Waals surface area contributed by atoms with Gasteiger partial charge in [0, 0.05) is 12.0 Å². The van der Waals surface area contributed by atoms with E-state index in [0.29, 0.717) is 18.4 Å². The predicted octanol–water partition coefficient (Wildman–Crippen LogP) is 2.85. The van der Waals surface area contributed by atoms with E-state index in [-0.39, 0.29) is 23.2 Å². The topological polar surface area (TPSA) is 51.2 Å². The van der Waals surface area contributed by atoms with Crippen LogP contribution in [0.2, 0.25) is 0 Å². The minimum absolute atomic E-state index is 0.0218. The molecule has 1 unspecified atom stereocenters. The third-order valence-corrected chi connectivity index (χ3v) is 5.73. The van der Waals surface area contributed by atoms with E-state index in [1.165, 1.54) is 0 Å². The molecule has 0 bridgehead atoms. The normalized spacial score (nSPS) is 21.1. The Morgan fingerprint density at radius 2 is 1.85 bits per heavy atom. The lowest BCUT2D eigenvalue weighted by Gasteiger charge is -2.09. The molecule has 2 aromatic carbocycles. The first-order valence-corrected chi connectivity index (χ1v) is 8.59. The summed E-state index contributed by atoms with van der Waals surface area (Å²) in [6, 6.07) is 13.5. The number of carbonyl (C=O) groups excluding carboxylic acids is 1. The number of carbonyl (C=O) groups is 1. The van der Waals surface area contributed by atoms with Crippen molar-refractivity contribution in [1.82, 2.24) is 0 Å². The molecular weight excluding hydrogens is 272 g/mol. The zero-order valence-electron chi connectivity index (χ0n) is 11.1. The van der Waals surface area contributed by atoms with Gasteiger partial charge in [0.15, 0.2) is 15.6 Å². The molecule has 0 aliphatic carbocycles. The van der Waals surface area contributed by atoms with Gasteiger partial charge in [-0.2, -0.15) is 0 Å². The number of fused-ring (bicyclic) bond motifs is 1. The maximum atomic E-state index is 12.4. The summed E-state index contributed by atoms with van der Waals surface area (Å²) in [6.45, 7) is 0. The SMILES string of the molecule is O=C(CC1CCS(=O)(=O)C1)c1cccc2ccccc12. The maximum Gasteiger partial charge on any atom is 0.163 e. The highest BCUT2D eigenvalue weighted by molar-refractivity contribution is 7.91. The van der Waals surface area contributed by atoms with Gasteiger partial charge in [-0.3, -0.25) is 4.79 Å². The third-order valence-electron chi connectivity index (χ3n) is 3.89. The lowest BCUT2D eigenvalue weighted by atomic mass is 9.94. The minimum Gasteiger partial charge on any atom is -0.294 e. The fraction of sp³-hybridized carbons (Fsp3) is 0.312. The van der Waals surface area contributed by atoms with Crippen LogP contribution in [0.15, 0.2) is 42.5 Å². The Bertz CT molecular complexity index is 757. The number of ketones is 1. The van der Waals surface area contributed by atoms with Crippen molar-refractivity contribution in [1.29, 1.82) is 0 Å². The highest BCUT2D eigenvalue weighted by atomic mass is 32.2. The lowest BCUT2D eigenvalue weighted by Crippen LogP contribution is -2.11. The van der Waals surface area contributed by atoms with E-state index in [4.69, 9.17) is 0 Å². The molecule has 1 saturated heterocycles. The Balaban J connectivity index is 1.86. The Kier molecular flexibility index (Phi) is 3.34. The molecule has 1 aliphatic heterocycles. The Morgan fingerprint density at radius 3 is 2.60 bits per heavy atom. The largest absolute Gasteiger partial charge is 0.294 e. The number of sulfone groups is 1. The summed E-state index contributed by atoms with van der Waals surface area (Å²) < 4.78 is 22.9. The lowest BCUT2D eigenvalue weighted by molar-refractivity contribution is 0.0967. The smallest absolute Gasteiger partial charge is 0.163 e. The van der Waals surface area contributed by atoms with E-state index in [0.717, 1.165) is 10.8 Å². The number of Topliss-reactive ketones (excluding diaryl/α,β-unsaturated/α-hetero) is 1.